The van der Waals surface area contributed by atoms with Crippen LogP contribution < -0.4 is 0 Å². The maximum absolute atomic E-state index is 4.70. The zero-order valence-electron chi connectivity index (χ0n) is 15.6. The number of aromatic nitrogens is 5. The first-order chi connectivity index (χ1) is 13.9. The minimum Gasteiger partial charge on any atom is -0.307 e. The van der Waals surface area contributed by atoms with Crippen molar-refractivity contribution in [1.82, 2.24) is 29.0 Å². The minimum atomic E-state index is 0.760. The van der Waals surface area contributed by atoms with Crippen LogP contribution in [-0.2, 0) is 12.3 Å². The van der Waals surface area contributed by atoms with Gasteiger partial charge in [-0.3, -0.25) is 9.47 Å². The van der Waals surface area contributed by atoms with Crippen molar-refractivity contribution in [1.29, 1.82) is 0 Å². The van der Waals surface area contributed by atoms with Crippen LogP contribution in [0.2, 0.25) is 0 Å². The molecule has 142 valence electrons. The van der Waals surface area contributed by atoms with E-state index in [1.807, 2.05) is 30.5 Å². The monoisotopic (exact) mass is 390 g/mol. The van der Waals surface area contributed by atoms with Crippen molar-refractivity contribution in [2.45, 2.75) is 30.3 Å². The first kappa shape index (κ1) is 17.5. The van der Waals surface area contributed by atoms with Gasteiger partial charge in [0.1, 0.15) is 5.65 Å². The number of imidazole rings is 1. The van der Waals surface area contributed by atoms with Crippen LogP contribution in [0.3, 0.4) is 0 Å². The lowest BCUT2D eigenvalue weighted by atomic mass is 10.3. The van der Waals surface area contributed by atoms with E-state index in [2.05, 4.69) is 54.5 Å². The number of rotatable bonds is 6. The summed E-state index contributed by atoms with van der Waals surface area (Å²) in [6.07, 6.45) is 6.65. The Bertz CT molecular complexity index is 1030. The molecule has 0 radical (unpaired) electrons. The number of likely N-dealkylation sites (tertiary alicyclic amines) is 1. The Morgan fingerprint density at radius 2 is 1.75 bits per heavy atom. The Kier molecular flexibility index (Phi) is 4.85. The fourth-order valence-electron chi connectivity index (χ4n) is 3.67. The average molecular weight is 391 g/mol. The lowest BCUT2D eigenvalue weighted by Crippen LogP contribution is -2.21. The number of pyridine rings is 1. The molecule has 5 rings (SSSR count). The smallest absolute Gasteiger partial charge is 0.196 e. The molecule has 0 aliphatic carbocycles. The molecule has 28 heavy (non-hydrogen) atoms. The second kappa shape index (κ2) is 7.77. The lowest BCUT2D eigenvalue weighted by Gasteiger charge is -2.15. The molecule has 3 aromatic heterocycles. The summed E-state index contributed by atoms with van der Waals surface area (Å²) in [5.74, 6) is 1.77. The summed E-state index contributed by atoms with van der Waals surface area (Å²) in [7, 11) is 0. The van der Waals surface area contributed by atoms with Gasteiger partial charge in [0.2, 0.25) is 0 Å². The number of hydrogen-bond acceptors (Lipinski definition) is 5. The predicted molar refractivity (Wildman–Crippen MR) is 111 cm³/mol. The lowest BCUT2D eigenvalue weighted by molar-refractivity contribution is 0.319. The Balaban J connectivity index is 1.42. The molecule has 0 amide bonds. The van der Waals surface area contributed by atoms with Crippen LogP contribution in [0.1, 0.15) is 24.4 Å². The van der Waals surface area contributed by atoms with E-state index in [4.69, 9.17) is 4.98 Å². The van der Waals surface area contributed by atoms with Crippen LogP contribution in [0.25, 0.3) is 11.3 Å². The van der Waals surface area contributed by atoms with E-state index in [1.54, 1.807) is 11.8 Å². The van der Waals surface area contributed by atoms with E-state index in [0.717, 1.165) is 53.4 Å². The van der Waals surface area contributed by atoms with Gasteiger partial charge in [0.15, 0.2) is 11.0 Å². The zero-order valence-corrected chi connectivity index (χ0v) is 16.4. The first-order valence-corrected chi connectivity index (χ1v) is 10.6. The third kappa shape index (κ3) is 3.55. The third-order valence-electron chi connectivity index (χ3n) is 5.04. The van der Waals surface area contributed by atoms with Gasteiger partial charge in [-0.2, -0.15) is 0 Å². The minimum absolute atomic E-state index is 0.760. The predicted octanol–water partition coefficient (Wildman–Crippen LogP) is 3.80. The van der Waals surface area contributed by atoms with Gasteiger partial charge in [0.25, 0.3) is 0 Å². The topological polar surface area (TPSA) is 51.2 Å². The molecule has 0 N–H and O–H groups in total. The van der Waals surface area contributed by atoms with E-state index in [9.17, 15) is 0 Å². The van der Waals surface area contributed by atoms with Crippen LogP contribution in [-0.4, -0.2) is 42.1 Å². The Hall–Kier alpha value is -2.64. The molecular weight excluding hydrogens is 368 g/mol. The number of thioether (sulfide) groups is 1. The highest BCUT2D eigenvalue weighted by Crippen LogP contribution is 2.26. The van der Waals surface area contributed by atoms with Crippen molar-refractivity contribution >= 4 is 17.4 Å². The van der Waals surface area contributed by atoms with Crippen LogP contribution in [0.15, 0.2) is 66.1 Å². The maximum atomic E-state index is 4.70. The van der Waals surface area contributed by atoms with E-state index >= 15 is 0 Å². The van der Waals surface area contributed by atoms with Crippen LogP contribution in [0.5, 0.6) is 0 Å². The van der Waals surface area contributed by atoms with Gasteiger partial charge < -0.3 is 4.40 Å². The molecule has 6 nitrogen and oxygen atoms in total. The molecule has 1 aliphatic rings. The second-order valence-corrected chi connectivity index (χ2v) is 7.98. The number of nitrogens with zero attached hydrogens (tertiary/aromatic N) is 6. The number of hydrogen-bond donors (Lipinski definition) is 0. The highest BCUT2D eigenvalue weighted by molar-refractivity contribution is 7.98. The molecule has 1 saturated heterocycles. The Labute approximate surface area is 168 Å². The van der Waals surface area contributed by atoms with E-state index in [-0.39, 0.29) is 0 Å². The normalized spacial score (nSPS) is 14.9. The maximum Gasteiger partial charge on any atom is 0.196 e. The van der Waals surface area contributed by atoms with Crippen LogP contribution >= 0.6 is 11.8 Å². The molecule has 1 fully saturated rings. The molecule has 1 aliphatic heterocycles. The van der Waals surface area contributed by atoms with Gasteiger partial charge in [-0.15, -0.1) is 10.2 Å². The largest absolute Gasteiger partial charge is 0.307 e. The number of para-hydroxylation sites is 1. The van der Waals surface area contributed by atoms with Gasteiger partial charge >= 0.3 is 0 Å². The average Bonchev–Trinajstić information content (AvgIpc) is 3.47. The molecule has 1 aromatic carbocycles. The van der Waals surface area contributed by atoms with Gasteiger partial charge in [0.05, 0.1) is 12.2 Å². The summed E-state index contributed by atoms with van der Waals surface area (Å²) in [5, 5.41) is 9.97. The van der Waals surface area contributed by atoms with Gasteiger partial charge in [-0.25, -0.2) is 4.98 Å². The summed E-state index contributed by atoms with van der Waals surface area (Å²) in [4.78, 5) is 7.15. The fourth-order valence-corrected chi connectivity index (χ4v) is 4.52. The van der Waals surface area contributed by atoms with Crippen molar-refractivity contribution in [2.24, 2.45) is 0 Å². The fraction of sp³-hybridized carbons (Fsp3) is 0.286. The SMILES string of the molecule is c1ccc(-n2c(CN3CCCC3)nnc2SCc2cn3ccccc3n2)cc1. The molecule has 0 unspecified atom stereocenters. The van der Waals surface area contributed by atoms with E-state index in [1.165, 1.54) is 12.8 Å². The van der Waals surface area contributed by atoms with Crippen molar-refractivity contribution in [3.05, 3.63) is 72.4 Å². The standard InChI is InChI=1S/C21H22N6S/c1-2-8-18(9-3-1)27-20(15-25-11-6-7-12-25)23-24-21(27)28-16-17-14-26-13-5-4-10-19(26)22-17/h1-5,8-10,13-14H,6-7,11-12,15-16H2. The zero-order chi connectivity index (χ0) is 18.8. The number of benzene rings is 1. The highest BCUT2D eigenvalue weighted by atomic mass is 32.2. The summed E-state index contributed by atoms with van der Waals surface area (Å²) in [6, 6.07) is 16.4. The van der Waals surface area contributed by atoms with Crippen molar-refractivity contribution in [2.75, 3.05) is 13.1 Å². The molecule has 4 heterocycles. The summed E-state index contributed by atoms with van der Waals surface area (Å²) >= 11 is 1.68. The Morgan fingerprint density at radius 3 is 2.57 bits per heavy atom. The molecule has 0 saturated carbocycles. The third-order valence-corrected chi connectivity index (χ3v) is 6.00. The molecule has 0 spiro atoms. The summed E-state index contributed by atoms with van der Waals surface area (Å²) < 4.78 is 4.25. The molecule has 0 bridgehead atoms. The Morgan fingerprint density at radius 1 is 0.929 bits per heavy atom. The first-order valence-electron chi connectivity index (χ1n) is 9.64. The highest BCUT2D eigenvalue weighted by Gasteiger charge is 2.19. The molecule has 7 heteroatoms. The van der Waals surface area contributed by atoms with Crippen molar-refractivity contribution in [3.8, 4) is 5.69 Å². The van der Waals surface area contributed by atoms with Gasteiger partial charge in [-0.1, -0.05) is 36.0 Å². The summed E-state index contributed by atoms with van der Waals surface area (Å²) in [6.45, 7) is 3.13. The molecule has 0 atom stereocenters. The molecular formula is C21H22N6S. The second-order valence-electron chi connectivity index (χ2n) is 7.04. The van der Waals surface area contributed by atoms with Gasteiger partial charge in [0, 0.05) is 23.8 Å². The van der Waals surface area contributed by atoms with E-state index < -0.39 is 0 Å². The van der Waals surface area contributed by atoms with Crippen molar-refractivity contribution < 1.29 is 0 Å². The van der Waals surface area contributed by atoms with Crippen LogP contribution in [0, 0.1) is 0 Å². The van der Waals surface area contributed by atoms with Gasteiger partial charge in [-0.05, 0) is 50.2 Å². The quantitative estimate of drug-likeness (QED) is 0.469. The number of fused-ring (bicyclic) bond motifs is 1. The van der Waals surface area contributed by atoms with Crippen molar-refractivity contribution in [3.63, 3.8) is 0 Å². The molecule has 4 aromatic rings. The van der Waals surface area contributed by atoms with Crippen LogP contribution in [0.4, 0.5) is 0 Å². The summed E-state index contributed by atoms with van der Waals surface area (Å²) in [5.41, 5.74) is 3.12. The van der Waals surface area contributed by atoms with E-state index in [0.29, 0.717) is 0 Å².